The Kier molecular flexibility index (Phi) is 13.0. The van der Waals surface area contributed by atoms with E-state index in [1.165, 1.54) is 16.8 Å². The Labute approximate surface area is 204 Å². The first-order chi connectivity index (χ1) is 14.5. The summed E-state index contributed by atoms with van der Waals surface area (Å²) >= 11 is 0. The van der Waals surface area contributed by atoms with Gasteiger partial charge in [0.05, 0.1) is 6.61 Å². The second kappa shape index (κ2) is 14.9. The fraction of sp³-hybridized carbons (Fsp3) is 0.458. The smallest absolute Gasteiger partial charge is 0.191 e. The Bertz CT molecular complexity index is 795. The van der Waals surface area contributed by atoms with Gasteiger partial charge in [0, 0.05) is 65.6 Å². The fourth-order valence-electron chi connectivity index (χ4n) is 3.01. The topological polar surface area (TPSA) is 58.1 Å². The first-order valence-corrected chi connectivity index (χ1v) is 10.5. The maximum absolute atomic E-state index is 5.97. The van der Waals surface area contributed by atoms with Crippen molar-refractivity contribution in [2.75, 3.05) is 52.9 Å². The van der Waals surface area contributed by atoms with E-state index in [0.29, 0.717) is 19.8 Å². The summed E-state index contributed by atoms with van der Waals surface area (Å²) in [7, 11) is 7.60. The van der Waals surface area contributed by atoms with Crippen LogP contribution in [-0.2, 0) is 17.7 Å². The zero-order chi connectivity index (χ0) is 21.8. The van der Waals surface area contributed by atoms with Crippen molar-refractivity contribution >= 4 is 35.6 Å². The maximum Gasteiger partial charge on any atom is 0.191 e. The number of nitrogens with one attached hydrogen (secondary N) is 2. The average molecular weight is 540 g/mol. The molecule has 2 aromatic carbocycles. The minimum atomic E-state index is 0. The molecular formula is C24H37IN4O2. The van der Waals surface area contributed by atoms with Crippen LogP contribution in [0.25, 0.3) is 0 Å². The van der Waals surface area contributed by atoms with E-state index >= 15 is 0 Å². The van der Waals surface area contributed by atoms with E-state index in [2.05, 4.69) is 84.0 Å². The van der Waals surface area contributed by atoms with Crippen molar-refractivity contribution in [1.29, 1.82) is 0 Å². The van der Waals surface area contributed by atoms with Gasteiger partial charge in [0.1, 0.15) is 5.75 Å². The van der Waals surface area contributed by atoms with Crippen LogP contribution < -0.4 is 20.3 Å². The molecule has 0 atom stereocenters. The molecule has 0 radical (unpaired) electrons. The van der Waals surface area contributed by atoms with Crippen molar-refractivity contribution < 1.29 is 9.47 Å². The van der Waals surface area contributed by atoms with Crippen molar-refractivity contribution in [2.45, 2.75) is 26.3 Å². The van der Waals surface area contributed by atoms with Crippen molar-refractivity contribution in [2.24, 2.45) is 4.99 Å². The molecule has 0 spiro atoms. The van der Waals surface area contributed by atoms with Crippen LogP contribution in [-0.4, -0.2) is 54.0 Å². The van der Waals surface area contributed by atoms with Crippen molar-refractivity contribution in [3.05, 3.63) is 59.2 Å². The van der Waals surface area contributed by atoms with Gasteiger partial charge < -0.3 is 25.0 Å². The lowest BCUT2D eigenvalue weighted by molar-refractivity contribution is 0.172. The highest BCUT2D eigenvalue weighted by molar-refractivity contribution is 14.0. The molecule has 2 rings (SSSR count). The number of halogens is 1. The summed E-state index contributed by atoms with van der Waals surface area (Å²) in [6, 6.07) is 14.9. The van der Waals surface area contributed by atoms with Crippen molar-refractivity contribution in [3.8, 4) is 5.75 Å². The number of ether oxygens (including phenoxy) is 2. The third-order valence-corrected chi connectivity index (χ3v) is 4.80. The van der Waals surface area contributed by atoms with E-state index in [1.54, 1.807) is 14.2 Å². The molecule has 0 saturated heterocycles. The van der Waals surface area contributed by atoms with Crippen LogP contribution in [0, 0.1) is 6.92 Å². The number of nitrogens with zero attached hydrogens (tertiary/aromatic N) is 2. The molecule has 6 nitrogen and oxygen atoms in total. The molecule has 0 aliphatic rings. The molecule has 0 heterocycles. The van der Waals surface area contributed by atoms with Gasteiger partial charge in [0.25, 0.3) is 0 Å². The van der Waals surface area contributed by atoms with Crippen LogP contribution in [0.3, 0.4) is 0 Å². The third-order valence-electron chi connectivity index (χ3n) is 4.80. The number of benzene rings is 2. The highest BCUT2D eigenvalue weighted by atomic mass is 127. The lowest BCUT2D eigenvalue weighted by Crippen LogP contribution is -2.37. The summed E-state index contributed by atoms with van der Waals surface area (Å²) in [4.78, 5) is 6.44. The first kappa shape index (κ1) is 27.0. The number of guanidine groups is 1. The Morgan fingerprint density at radius 2 is 1.77 bits per heavy atom. The Hall–Kier alpha value is -2.00. The van der Waals surface area contributed by atoms with E-state index in [1.807, 2.05) is 0 Å². The lowest BCUT2D eigenvalue weighted by Gasteiger charge is -2.16. The molecule has 172 valence electrons. The van der Waals surface area contributed by atoms with E-state index in [-0.39, 0.29) is 24.0 Å². The van der Waals surface area contributed by atoms with Crippen LogP contribution in [0.2, 0.25) is 0 Å². The molecule has 0 saturated carbocycles. The number of aryl methyl sites for hydroxylation is 1. The first-order valence-electron chi connectivity index (χ1n) is 10.5. The van der Waals surface area contributed by atoms with Crippen molar-refractivity contribution in [1.82, 2.24) is 10.6 Å². The van der Waals surface area contributed by atoms with Crippen LogP contribution >= 0.6 is 24.0 Å². The van der Waals surface area contributed by atoms with Crippen LogP contribution in [0.5, 0.6) is 5.75 Å². The fourth-order valence-corrected chi connectivity index (χ4v) is 3.01. The Balaban J connectivity index is 0.00000480. The Morgan fingerprint density at radius 1 is 1.03 bits per heavy atom. The SMILES string of the molecule is CN=C(NCCc1ccc(N(C)C)cc1)NCc1ccc(C)cc1OCCCOC.I. The number of hydrogen-bond acceptors (Lipinski definition) is 4. The van der Waals surface area contributed by atoms with E-state index in [9.17, 15) is 0 Å². The molecule has 0 aliphatic heterocycles. The van der Waals surface area contributed by atoms with Gasteiger partial charge in [-0.15, -0.1) is 24.0 Å². The largest absolute Gasteiger partial charge is 0.493 e. The second-order valence-electron chi connectivity index (χ2n) is 7.47. The standard InChI is InChI=1S/C24H36N4O2.HI/c1-19-7-10-21(23(17-19)30-16-6-15-29-5)18-27-24(25-2)26-14-13-20-8-11-22(12-9-20)28(3)4;/h7-12,17H,6,13-16,18H2,1-5H3,(H2,25,26,27);1H. The van der Waals surface area contributed by atoms with Crippen LogP contribution in [0.15, 0.2) is 47.5 Å². The van der Waals surface area contributed by atoms with Gasteiger partial charge >= 0.3 is 0 Å². The molecular weight excluding hydrogens is 503 g/mol. The number of anilines is 1. The van der Waals surface area contributed by atoms with Gasteiger partial charge in [-0.25, -0.2) is 0 Å². The number of methoxy groups -OCH3 is 1. The number of rotatable bonds is 11. The molecule has 2 aromatic rings. The van der Waals surface area contributed by atoms with Gasteiger partial charge in [-0.2, -0.15) is 0 Å². The molecule has 7 heteroatoms. The number of aliphatic imine (C=N–C) groups is 1. The quantitative estimate of drug-likeness (QED) is 0.195. The monoisotopic (exact) mass is 540 g/mol. The molecule has 0 unspecified atom stereocenters. The minimum Gasteiger partial charge on any atom is -0.493 e. The molecule has 0 amide bonds. The summed E-state index contributed by atoms with van der Waals surface area (Å²) in [5, 5.41) is 6.77. The molecule has 0 fully saturated rings. The van der Waals surface area contributed by atoms with Gasteiger partial charge in [0.2, 0.25) is 0 Å². The van der Waals surface area contributed by atoms with E-state index in [4.69, 9.17) is 9.47 Å². The summed E-state index contributed by atoms with van der Waals surface area (Å²) in [5.74, 6) is 1.70. The summed E-state index contributed by atoms with van der Waals surface area (Å²) in [5.41, 5.74) is 4.81. The molecule has 31 heavy (non-hydrogen) atoms. The zero-order valence-electron chi connectivity index (χ0n) is 19.4. The predicted molar refractivity (Wildman–Crippen MR) is 141 cm³/mol. The van der Waals surface area contributed by atoms with Crippen LogP contribution in [0.1, 0.15) is 23.1 Å². The average Bonchev–Trinajstić information content (AvgIpc) is 2.75. The molecule has 0 aromatic heterocycles. The van der Waals surface area contributed by atoms with Gasteiger partial charge in [-0.05, 0) is 42.7 Å². The lowest BCUT2D eigenvalue weighted by atomic mass is 10.1. The zero-order valence-corrected chi connectivity index (χ0v) is 21.7. The minimum absolute atomic E-state index is 0. The van der Waals surface area contributed by atoms with Crippen molar-refractivity contribution in [3.63, 3.8) is 0 Å². The third kappa shape index (κ3) is 9.78. The van der Waals surface area contributed by atoms with Crippen LogP contribution in [0.4, 0.5) is 5.69 Å². The highest BCUT2D eigenvalue weighted by Crippen LogP contribution is 2.20. The van der Waals surface area contributed by atoms with Gasteiger partial charge in [0.15, 0.2) is 5.96 Å². The number of hydrogen-bond donors (Lipinski definition) is 2. The van der Waals surface area contributed by atoms with Gasteiger partial charge in [-0.1, -0.05) is 24.3 Å². The van der Waals surface area contributed by atoms with E-state index in [0.717, 1.165) is 36.7 Å². The molecule has 2 N–H and O–H groups in total. The Morgan fingerprint density at radius 3 is 2.42 bits per heavy atom. The second-order valence-corrected chi connectivity index (χ2v) is 7.47. The maximum atomic E-state index is 5.97. The molecule has 0 bridgehead atoms. The normalized spacial score (nSPS) is 10.9. The summed E-state index contributed by atoms with van der Waals surface area (Å²) < 4.78 is 11.1. The molecule has 0 aliphatic carbocycles. The highest BCUT2D eigenvalue weighted by Gasteiger charge is 2.06. The van der Waals surface area contributed by atoms with Gasteiger partial charge in [-0.3, -0.25) is 4.99 Å². The van der Waals surface area contributed by atoms with E-state index < -0.39 is 0 Å². The predicted octanol–water partition coefficient (Wildman–Crippen LogP) is 4.00. The summed E-state index contributed by atoms with van der Waals surface area (Å²) in [6.07, 6.45) is 1.81. The summed E-state index contributed by atoms with van der Waals surface area (Å²) in [6.45, 7) is 4.88.